The Morgan fingerprint density at radius 2 is 1.85 bits per heavy atom. The van der Waals surface area contributed by atoms with Crippen LogP contribution in [0, 0.1) is 0 Å². The van der Waals surface area contributed by atoms with Crippen LogP contribution in [-0.4, -0.2) is 44.2 Å². The number of hydrogen-bond acceptors (Lipinski definition) is 3. The van der Waals surface area contributed by atoms with E-state index in [-0.39, 0.29) is 27.4 Å². The second-order valence-electron chi connectivity index (χ2n) is 6.50. The van der Waals surface area contributed by atoms with Crippen molar-refractivity contribution in [1.82, 2.24) is 9.21 Å². The molecule has 1 unspecified atom stereocenters. The highest BCUT2D eigenvalue weighted by molar-refractivity contribution is 7.89. The lowest BCUT2D eigenvalue weighted by Gasteiger charge is -2.26. The Morgan fingerprint density at radius 3 is 2.50 bits per heavy atom. The van der Waals surface area contributed by atoms with Gasteiger partial charge in [0.25, 0.3) is 5.91 Å². The fourth-order valence-corrected chi connectivity index (χ4v) is 4.35. The number of benzene rings is 2. The molecule has 0 saturated carbocycles. The largest absolute Gasteiger partial charge is 0.332 e. The van der Waals surface area contributed by atoms with E-state index in [0.717, 1.165) is 22.7 Å². The van der Waals surface area contributed by atoms with Gasteiger partial charge in [-0.1, -0.05) is 41.9 Å². The maximum atomic E-state index is 13.1. The monoisotopic (exact) mass is 392 g/mol. The smallest absolute Gasteiger partial charge is 0.255 e. The first-order valence-corrected chi connectivity index (χ1v) is 10.2. The van der Waals surface area contributed by atoms with Crippen LogP contribution in [0.3, 0.4) is 0 Å². The Bertz CT molecular complexity index is 914. The molecule has 1 fully saturated rings. The minimum atomic E-state index is -3.63. The molecule has 0 radical (unpaired) electrons. The van der Waals surface area contributed by atoms with Crippen LogP contribution < -0.4 is 0 Å². The Hall–Kier alpha value is -1.89. The van der Waals surface area contributed by atoms with Gasteiger partial charge in [0.05, 0.1) is 21.5 Å². The van der Waals surface area contributed by atoms with Crippen LogP contribution in [0.2, 0.25) is 5.02 Å². The number of hydrogen-bond donors (Lipinski definition) is 0. The summed E-state index contributed by atoms with van der Waals surface area (Å²) in [7, 11) is -0.724. The van der Waals surface area contributed by atoms with Crippen LogP contribution >= 0.6 is 11.6 Å². The zero-order valence-electron chi connectivity index (χ0n) is 14.7. The van der Waals surface area contributed by atoms with Gasteiger partial charge in [0.15, 0.2) is 0 Å². The van der Waals surface area contributed by atoms with E-state index in [1.807, 2.05) is 30.3 Å². The van der Waals surface area contributed by atoms with E-state index < -0.39 is 10.0 Å². The average Bonchev–Trinajstić information content (AvgIpc) is 3.11. The van der Waals surface area contributed by atoms with Crippen LogP contribution in [-0.2, 0) is 10.0 Å². The molecule has 2 aromatic carbocycles. The normalized spacial score (nSPS) is 17.7. The van der Waals surface area contributed by atoms with Crippen molar-refractivity contribution < 1.29 is 13.2 Å². The summed E-state index contributed by atoms with van der Waals surface area (Å²) in [4.78, 5) is 15.0. The van der Waals surface area contributed by atoms with Crippen LogP contribution in [0.15, 0.2) is 53.4 Å². The summed E-state index contributed by atoms with van der Waals surface area (Å²) in [6.07, 6.45) is 1.78. The third kappa shape index (κ3) is 3.49. The van der Waals surface area contributed by atoms with Crippen molar-refractivity contribution in [2.45, 2.75) is 23.8 Å². The third-order valence-electron chi connectivity index (χ3n) is 4.64. The van der Waals surface area contributed by atoms with Crippen LogP contribution in [0.4, 0.5) is 0 Å². The van der Waals surface area contributed by atoms with Gasteiger partial charge in [-0.15, -0.1) is 0 Å². The fraction of sp³-hybridized carbons (Fsp3) is 0.316. The summed E-state index contributed by atoms with van der Waals surface area (Å²) in [6, 6.07) is 14.1. The van der Waals surface area contributed by atoms with E-state index in [2.05, 4.69) is 0 Å². The standard InChI is InChI=1S/C19H21ClN2O3S/c1-21(2)26(24,25)15-10-11-17(20)16(13-15)19(23)22-12-6-9-18(22)14-7-4-3-5-8-14/h3-5,7-8,10-11,13,18H,6,9,12H2,1-2H3. The molecule has 0 spiro atoms. The topological polar surface area (TPSA) is 57.7 Å². The molecule has 0 N–H and O–H groups in total. The van der Waals surface area contributed by atoms with E-state index in [4.69, 9.17) is 11.6 Å². The van der Waals surface area contributed by atoms with Crippen molar-refractivity contribution >= 4 is 27.5 Å². The fourth-order valence-electron chi connectivity index (χ4n) is 3.23. The Kier molecular flexibility index (Phi) is 5.37. The molecule has 5 nitrogen and oxygen atoms in total. The lowest BCUT2D eigenvalue weighted by atomic mass is 10.0. The third-order valence-corrected chi connectivity index (χ3v) is 6.79. The van der Waals surface area contributed by atoms with Gasteiger partial charge in [-0.25, -0.2) is 12.7 Å². The molecule has 0 bridgehead atoms. The SMILES string of the molecule is CN(C)S(=O)(=O)c1ccc(Cl)c(C(=O)N2CCCC2c2ccccc2)c1. The van der Waals surface area contributed by atoms with Gasteiger partial charge >= 0.3 is 0 Å². The zero-order chi connectivity index (χ0) is 18.9. The minimum Gasteiger partial charge on any atom is -0.332 e. The molecule has 7 heteroatoms. The number of amides is 1. The van der Waals surface area contributed by atoms with Crippen LogP contribution in [0.5, 0.6) is 0 Å². The molecule has 2 aromatic rings. The van der Waals surface area contributed by atoms with Gasteiger partial charge in [-0.2, -0.15) is 0 Å². The first-order valence-electron chi connectivity index (χ1n) is 8.40. The van der Waals surface area contributed by atoms with Crippen molar-refractivity contribution in [1.29, 1.82) is 0 Å². The predicted molar refractivity (Wildman–Crippen MR) is 102 cm³/mol. The molecule has 1 atom stereocenters. The molecule has 138 valence electrons. The molecule has 1 amide bonds. The van der Waals surface area contributed by atoms with Gasteiger partial charge < -0.3 is 4.90 Å². The van der Waals surface area contributed by atoms with Crippen molar-refractivity contribution in [2.75, 3.05) is 20.6 Å². The molecule has 26 heavy (non-hydrogen) atoms. The van der Waals surface area contributed by atoms with E-state index >= 15 is 0 Å². The van der Waals surface area contributed by atoms with E-state index in [0.29, 0.717) is 6.54 Å². The van der Waals surface area contributed by atoms with Gasteiger partial charge in [0.2, 0.25) is 10.0 Å². The van der Waals surface area contributed by atoms with Crippen molar-refractivity contribution in [3.05, 3.63) is 64.7 Å². The Labute approximate surface area is 159 Å². The molecule has 1 aliphatic heterocycles. The highest BCUT2D eigenvalue weighted by Gasteiger charge is 2.32. The maximum Gasteiger partial charge on any atom is 0.255 e. The number of carbonyl (C=O) groups excluding carboxylic acids is 1. The predicted octanol–water partition coefficient (Wildman–Crippen LogP) is 3.57. The molecule has 0 aromatic heterocycles. The summed E-state index contributed by atoms with van der Waals surface area (Å²) in [5, 5.41) is 0.256. The van der Waals surface area contributed by atoms with E-state index in [9.17, 15) is 13.2 Å². The second-order valence-corrected chi connectivity index (χ2v) is 9.06. The minimum absolute atomic E-state index is 0.0196. The molecular weight excluding hydrogens is 372 g/mol. The number of carbonyl (C=O) groups is 1. The number of nitrogens with zero attached hydrogens (tertiary/aromatic N) is 2. The van der Waals surface area contributed by atoms with Crippen LogP contribution in [0.25, 0.3) is 0 Å². The number of sulfonamides is 1. The molecule has 1 aliphatic rings. The van der Waals surface area contributed by atoms with Crippen LogP contribution in [0.1, 0.15) is 34.8 Å². The van der Waals surface area contributed by atoms with E-state index in [1.54, 1.807) is 4.90 Å². The number of halogens is 1. The highest BCUT2D eigenvalue weighted by Crippen LogP contribution is 2.34. The lowest BCUT2D eigenvalue weighted by Crippen LogP contribution is -2.31. The Morgan fingerprint density at radius 1 is 1.15 bits per heavy atom. The Balaban J connectivity index is 1.97. The van der Waals surface area contributed by atoms with Crippen molar-refractivity contribution in [3.63, 3.8) is 0 Å². The quantitative estimate of drug-likeness (QED) is 0.799. The van der Waals surface area contributed by atoms with Gasteiger partial charge in [0.1, 0.15) is 0 Å². The first kappa shape index (κ1) is 18.9. The summed E-state index contributed by atoms with van der Waals surface area (Å²) < 4.78 is 25.9. The highest BCUT2D eigenvalue weighted by atomic mass is 35.5. The molecular formula is C19H21ClN2O3S. The number of likely N-dealkylation sites (tertiary alicyclic amines) is 1. The summed E-state index contributed by atoms with van der Waals surface area (Å²) >= 11 is 6.24. The van der Waals surface area contributed by atoms with Crippen molar-refractivity contribution in [2.24, 2.45) is 0 Å². The first-order chi connectivity index (χ1) is 12.3. The van der Waals surface area contributed by atoms with Crippen molar-refractivity contribution in [3.8, 4) is 0 Å². The number of rotatable bonds is 4. The lowest BCUT2D eigenvalue weighted by molar-refractivity contribution is 0.0735. The summed E-state index contributed by atoms with van der Waals surface area (Å²) in [5.74, 6) is -0.239. The molecule has 0 aliphatic carbocycles. The van der Waals surface area contributed by atoms with Gasteiger partial charge in [0, 0.05) is 20.6 Å². The summed E-state index contributed by atoms with van der Waals surface area (Å²) in [5.41, 5.74) is 1.30. The second kappa shape index (κ2) is 7.39. The average molecular weight is 393 g/mol. The van der Waals surface area contributed by atoms with Gasteiger partial charge in [-0.05, 0) is 36.6 Å². The van der Waals surface area contributed by atoms with Gasteiger partial charge in [-0.3, -0.25) is 4.79 Å². The molecule has 1 saturated heterocycles. The summed E-state index contributed by atoms with van der Waals surface area (Å²) in [6.45, 7) is 0.624. The molecule has 3 rings (SSSR count). The zero-order valence-corrected chi connectivity index (χ0v) is 16.3. The molecule has 1 heterocycles. The van der Waals surface area contributed by atoms with E-state index in [1.165, 1.54) is 32.3 Å². The maximum absolute atomic E-state index is 13.1.